The van der Waals surface area contributed by atoms with Crippen molar-refractivity contribution in [2.24, 2.45) is 5.73 Å². The molecule has 0 aliphatic carbocycles. The number of halogens is 2. The van der Waals surface area contributed by atoms with Gasteiger partial charge in [-0.1, -0.05) is 11.6 Å². The predicted molar refractivity (Wildman–Crippen MR) is 101 cm³/mol. The molecule has 148 valence electrons. The van der Waals surface area contributed by atoms with Gasteiger partial charge in [-0.05, 0) is 37.5 Å². The molecule has 2 aliphatic rings. The van der Waals surface area contributed by atoms with Gasteiger partial charge < -0.3 is 20.9 Å². The van der Waals surface area contributed by atoms with Gasteiger partial charge in [0, 0.05) is 5.69 Å². The lowest BCUT2D eigenvalue weighted by molar-refractivity contribution is -0.972. The van der Waals surface area contributed by atoms with E-state index >= 15 is 0 Å². The van der Waals surface area contributed by atoms with E-state index in [2.05, 4.69) is 5.32 Å². The summed E-state index contributed by atoms with van der Waals surface area (Å²) >= 11 is 5.75. The van der Waals surface area contributed by atoms with Crippen LogP contribution in [0, 0.1) is 5.82 Å². The highest BCUT2D eigenvalue weighted by atomic mass is 35.5. The Morgan fingerprint density at radius 2 is 1.81 bits per heavy atom. The second-order valence-corrected chi connectivity index (χ2v) is 8.12. The molecule has 1 aromatic rings. The van der Waals surface area contributed by atoms with Crippen molar-refractivity contribution < 1.29 is 23.8 Å². The summed E-state index contributed by atoms with van der Waals surface area (Å²) in [6.45, 7) is 3.79. The maximum Gasteiger partial charge on any atom is 0.279 e. The summed E-state index contributed by atoms with van der Waals surface area (Å²) in [5.74, 6) is -0.868. The molecule has 2 fully saturated rings. The fourth-order valence-corrected chi connectivity index (χ4v) is 4.63. The molecular formula is C19H28ClFN4O2+2. The highest BCUT2D eigenvalue weighted by Gasteiger charge is 2.50. The summed E-state index contributed by atoms with van der Waals surface area (Å²) in [5, 5.41) is 2.74. The molecule has 6 nitrogen and oxygen atoms in total. The number of quaternary nitrogens is 2. The van der Waals surface area contributed by atoms with Gasteiger partial charge in [-0.15, -0.1) is 0 Å². The van der Waals surface area contributed by atoms with Crippen LogP contribution in [0.3, 0.4) is 0 Å². The fourth-order valence-electron chi connectivity index (χ4n) is 4.44. The topological polar surface area (TPSA) is 81.1 Å². The summed E-state index contributed by atoms with van der Waals surface area (Å²) in [7, 11) is 0. The first-order valence-electron chi connectivity index (χ1n) is 9.64. The van der Waals surface area contributed by atoms with Crippen molar-refractivity contribution in [3.05, 3.63) is 29.0 Å². The van der Waals surface area contributed by atoms with E-state index in [0.717, 1.165) is 43.9 Å². The average Bonchev–Trinajstić information content (AvgIpc) is 2.66. The maximum absolute atomic E-state index is 13.2. The van der Waals surface area contributed by atoms with Gasteiger partial charge in [-0.25, -0.2) is 4.39 Å². The Bertz CT molecular complexity index is 701. The lowest BCUT2D eigenvalue weighted by Crippen LogP contribution is -3.26. The van der Waals surface area contributed by atoms with E-state index in [0.29, 0.717) is 25.1 Å². The zero-order valence-electron chi connectivity index (χ0n) is 15.5. The molecule has 0 saturated carbocycles. The van der Waals surface area contributed by atoms with Crippen molar-refractivity contribution in [3.8, 4) is 0 Å². The number of piperidine rings is 2. The van der Waals surface area contributed by atoms with Crippen LogP contribution in [0.4, 0.5) is 10.1 Å². The number of nitrogens with one attached hydrogen (secondary N) is 3. The zero-order chi connectivity index (χ0) is 19.4. The molecule has 0 bridgehead atoms. The number of benzene rings is 1. The largest absolute Gasteiger partial charge is 0.364 e. The van der Waals surface area contributed by atoms with Crippen molar-refractivity contribution >= 4 is 29.1 Å². The Balaban J connectivity index is 1.55. The molecule has 0 aromatic heterocycles. The van der Waals surface area contributed by atoms with Crippen LogP contribution in [0.1, 0.15) is 32.1 Å². The van der Waals surface area contributed by atoms with Gasteiger partial charge in [0.2, 0.25) is 0 Å². The Morgan fingerprint density at radius 1 is 1.15 bits per heavy atom. The fraction of sp³-hybridized carbons (Fsp3) is 0.579. The van der Waals surface area contributed by atoms with E-state index in [9.17, 15) is 14.0 Å². The Labute approximate surface area is 163 Å². The summed E-state index contributed by atoms with van der Waals surface area (Å²) < 4.78 is 13.2. The molecule has 2 amide bonds. The number of hydrogen-bond acceptors (Lipinski definition) is 2. The molecule has 0 unspecified atom stereocenters. The van der Waals surface area contributed by atoms with Crippen LogP contribution in [-0.2, 0) is 9.59 Å². The molecule has 27 heavy (non-hydrogen) atoms. The SMILES string of the molecule is NC(=O)C1([NH+]2CCCCC2)CC[NH+](CC(=O)Nc2ccc(F)c(Cl)c2)CC1. The van der Waals surface area contributed by atoms with Crippen LogP contribution in [0.15, 0.2) is 18.2 Å². The van der Waals surface area contributed by atoms with Gasteiger partial charge in [0.05, 0.1) is 44.0 Å². The van der Waals surface area contributed by atoms with Gasteiger partial charge >= 0.3 is 0 Å². The van der Waals surface area contributed by atoms with Crippen molar-refractivity contribution in [1.82, 2.24) is 0 Å². The number of carbonyl (C=O) groups is 2. The Hall–Kier alpha value is -1.70. The minimum Gasteiger partial charge on any atom is -0.364 e. The second kappa shape index (κ2) is 8.54. The normalized spacial score (nSPS) is 26.5. The number of likely N-dealkylation sites (tertiary alicyclic amines) is 2. The molecule has 2 saturated heterocycles. The van der Waals surface area contributed by atoms with Crippen LogP contribution in [0.2, 0.25) is 5.02 Å². The van der Waals surface area contributed by atoms with Crippen LogP contribution in [0.25, 0.3) is 0 Å². The standard InChI is InChI=1S/C19H26ClFN4O2/c20-15-12-14(4-5-16(15)21)23-17(26)13-24-10-6-19(7-11-24,18(22)27)25-8-2-1-3-9-25/h4-5,12H,1-3,6-11,13H2,(H2,22,27)(H,23,26)/p+2. The minimum absolute atomic E-state index is 0.0196. The van der Waals surface area contributed by atoms with E-state index < -0.39 is 11.4 Å². The third-order valence-electron chi connectivity index (χ3n) is 6.03. The minimum atomic E-state index is -0.515. The first-order chi connectivity index (χ1) is 12.9. The second-order valence-electron chi connectivity index (χ2n) is 7.71. The highest BCUT2D eigenvalue weighted by Crippen LogP contribution is 2.19. The molecule has 0 atom stereocenters. The number of carbonyl (C=O) groups excluding carboxylic acids is 2. The van der Waals surface area contributed by atoms with Gasteiger partial charge in [0.1, 0.15) is 5.82 Å². The quantitative estimate of drug-likeness (QED) is 0.534. The number of nitrogens with two attached hydrogens (primary N) is 1. The summed E-state index contributed by atoms with van der Waals surface area (Å²) in [5.41, 5.74) is 5.81. The van der Waals surface area contributed by atoms with E-state index in [1.165, 1.54) is 29.5 Å². The zero-order valence-corrected chi connectivity index (χ0v) is 16.2. The monoisotopic (exact) mass is 398 g/mol. The summed E-state index contributed by atoms with van der Waals surface area (Å²) in [6, 6.07) is 4.12. The van der Waals surface area contributed by atoms with Gasteiger partial charge in [0.25, 0.3) is 11.8 Å². The van der Waals surface area contributed by atoms with Gasteiger partial charge in [0.15, 0.2) is 12.1 Å². The predicted octanol–water partition coefficient (Wildman–Crippen LogP) is -0.611. The number of hydrogen-bond donors (Lipinski definition) is 4. The molecule has 0 spiro atoms. The molecule has 8 heteroatoms. The van der Waals surface area contributed by atoms with Crippen molar-refractivity contribution in [3.63, 3.8) is 0 Å². The van der Waals surface area contributed by atoms with E-state index in [4.69, 9.17) is 17.3 Å². The van der Waals surface area contributed by atoms with Crippen LogP contribution in [0.5, 0.6) is 0 Å². The smallest absolute Gasteiger partial charge is 0.279 e. The lowest BCUT2D eigenvalue weighted by atomic mass is 9.83. The third kappa shape index (κ3) is 4.59. The van der Waals surface area contributed by atoms with Crippen LogP contribution in [-0.4, -0.2) is 50.1 Å². The van der Waals surface area contributed by atoms with Crippen molar-refractivity contribution in [1.29, 1.82) is 0 Å². The average molecular weight is 399 g/mol. The van der Waals surface area contributed by atoms with Crippen LogP contribution >= 0.6 is 11.6 Å². The van der Waals surface area contributed by atoms with Gasteiger partial charge in [-0.2, -0.15) is 0 Å². The molecule has 0 radical (unpaired) electrons. The van der Waals surface area contributed by atoms with Crippen molar-refractivity contribution in [2.75, 3.05) is 38.0 Å². The summed E-state index contributed by atoms with van der Waals surface area (Å²) in [4.78, 5) is 27.0. The number of amides is 2. The molecule has 2 heterocycles. The third-order valence-corrected chi connectivity index (χ3v) is 6.32. The van der Waals surface area contributed by atoms with E-state index in [1.807, 2.05) is 0 Å². The maximum atomic E-state index is 13.2. The first kappa shape index (κ1) is 20.0. The Kier molecular flexibility index (Phi) is 6.34. The molecule has 1 aromatic carbocycles. The van der Waals surface area contributed by atoms with Crippen LogP contribution < -0.4 is 20.9 Å². The molecule has 2 aliphatic heterocycles. The lowest BCUT2D eigenvalue weighted by Gasteiger charge is -2.43. The highest BCUT2D eigenvalue weighted by molar-refractivity contribution is 6.31. The molecule has 3 rings (SSSR count). The van der Waals surface area contributed by atoms with Crippen molar-refractivity contribution in [2.45, 2.75) is 37.6 Å². The molecule has 5 N–H and O–H groups in total. The number of anilines is 1. The van der Waals surface area contributed by atoms with Gasteiger partial charge in [-0.3, -0.25) is 9.59 Å². The van der Waals surface area contributed by atoms with E-state index in [-0.39, 0.29) is 16.8 Å². The number of primary amides is 1. The number of rotatable bonds is 5. The molecular weight excluding hydrogens is 371 g/mol. The summed E-state index contributed by atoms with van der Waals surface area (Å²) in [6.07, 6.45) is 4.93. The Morgan fingerprint density at radius 3 is 2.41 bits per heavy atom. The van der Waals surface area contributed by atoms with E-state index in [1.54, 1.807) is 0 Å². The first-order valence-corrected chi connectivity index (χ1v) is 10.0.